The number of anilines is 1. The first-order valence-electron chi connectivity index (χ1n) is 7.51. The van der Waals surface area contributed by atoms with Crippen molar-refractivity contribution >= 4 is 29.1 Å². The highest BCUT2D eigenvalue weighted by Gasteiger charge is 2.42. The Labute approximate surface area is 139 Å². The molecule has 0 radical (unpaired) electrons. The molecule has 0 atom stereocenters. The topological polar surface area (TPSA) is 54.3 Å². The zero-order valence-corrected chi connectivity index (χ0v) is 13.9. The zero-order valence-electron chi connectivity index (χ0n) is 13.1. The molecule has 1 aromatic rings. The van der Waals surface area contributed by atoms with Gasteiger partial charge in [-0.3, -0.25) is 9.59 Å². The van der Waals surface area contributed by atoms with Gasteiger partial charge in [-0.05, 0) is 24.3 Å². The first kappa shape index (κ1) is 15.8. The minimum absolute atomic E-state index is 0.00497. The number of rotatable bonds is 3. The van der Waals surface area contributed by atoms with E-state index in [4.69, 9.17) is 16.3 Å². The molecule has 2 amide bonds. The lowest BCUT2D eigenvalue weighted by Crippen LogP contribution is -3.11. The number of quaternary nitrogens is 1. The maximum absolute atomic E-state index is 12.7. The number of nitrogens with zero attached hydrogens (tertiary/aromatic N) is 2. The number of halogens is 1. The van der Waals surface area contributed by atoms with Crippen LogP contribution in [0.2, 0.25) is 0 Å². The van der Waals surface area contributed by atoms with Crippen molar-refractivity contribution in [2.45, 2.75) is 0 Å². The Morgan fingerprint density at radius 2 is 1.70 bits per heavy atom. The third-order valence-corrected chi connectivity index (χ3v) is 4.61. The predicted octanol–water partition coefficient (Wildman–Crippen LogP) is -0.151. The van der Waals surface area contributed by atoms with Crippen LogP contribution in [-0.2, 0) is 9.59 Å². The highest BCUT2D eigenvalue weighted by atomic mass is 35.5. The monoisotopic (exact) mass is 336 g/mol. The van der Waals surface area contributed by atoms with Crippen LogP contribution in [0.3, 0.4) is 0 Å². The number of carbonyl (C=O) groups is 2. The molecule has 2 aliphatic heterocycles. The van der Waals surface area contributed by atoms with E-state index < -0.39 is 5.91 Å². The van der Waals surface area contributed by atoms with Crippen LogP contribution < -0.4 is 14.5 Å². The van der Waals surface area contributed by atoms with Gasteiger partial charge in [-0.15, -0.1) is 0 Å². The second kappa shape index (κ2) is 6.22. The summed E-state index contributed by atoms with van der Waals surface area (Å²) in [5.41, 5.74) is 0.814. The largest absolute Gasteiger partial charge is 0.497 e. The van der Waals surface area contributed by atoms with Crippen molar-refractivity contribution in [3.8, 4) is 5.75 Å². The van der Waals surface area contributed by atoms with Gasteiger partial charge in [0.2, 0.25) is 0 Å². The van der Waals surface area contributed by atoms with E-state index in [0.29, 0.717) is 30.2 Å². The van der Waals surface area contributed by atoms with Crippen LogP contribution in [0.25, 0.3) is 0 Å². The van der Waals surface area contributed by atoms with Crippen LogP contribution in [0.5, 0.6) is 5.75 Å². The smallest absolute Gasteiger partial charge is 0.283 e. The van der Waals surface area contributed by atoms with Crippen molar-refractivity contribution in [2.75, 3.05) is 45.2 Å². The van der Waals surface area contributed by atoms with Gasteiger partial charge in [0.1, 0.15) is 16.5 Å². The van der Waals surface area contributed by atoms with Gasteiger partial charge >= 0.3 is 0 Å². The van der Waals surface area contributed by atoms with Crippen molar-refractivity contribution in [2.24, 2.45) is 0 Å². The fourth-order valence-electron chi connectivity index (χ4n) is 2.84. The summed E-state index contributed by atoms with van der Waals surface area (Å²) in [4.78, 5) is 29.6. The summed E-state index contributed by atoms with van der Waals surface area (Å²) in [5, 5.41) is 0.00497. The molecular formula is C16H19ClN3O3+. The van der Waals surface area contributed by atoms with Gasteiger partial charge in [0.25, 0.3) is 11.8 Å². The number of piperazine rings is 1. The van der Waals surface area contributed by atoms with Crippen molar-refractivity contribution in [1.82, 2.24) is 4.90 Å². The lowest BCUT2D eigenvalue weighted by molar-refractivity contribution is -0.883. The summed E-state index contributed by atoms with van der Waals surface area (Å²) in [6.45, 7) is 3.26. The Morgan fingerprint density at radius 1 is 1.09 bits per heavy atom. The summed E-state index contributed by atoms with van der Waals surface area (Å²) in [6.07, 6.45) is 0. The van der Waals surface area contributed by atoms with Crippen LogP contribution in [0.15, 0.2) is 35.0 Å². The number of amides is 2. The van der Waals surface area contributed by atoms with Crippen molar-refractivity contribution in [3.63, 3.8) is 0 Å². The van der Waals surface area contributed by atoms with Crippen LogP contribution >= 0.6 is 11.6 Å². The minimum atomic E-state index is -0.469. The zero-order chi connectivity index (χ0) is 16.6. The number of hydrogen-bond acceptors (Lipinski definition) is 4. The standard InChI is InChI=1S/C16H18ClN3O3/c1-18-7-9-19(10-8-18)14-13(17)15(21)20(16(14)22)11-3-5-12(23-2)6-4-11/h3-6H,7-10H2,1-2H3/p+1. The predicted molar refractivity (Wildman–Crippen MR) is 86.6 cm³/mol. The lowest BCUT2D eigenvalue weighted by Gasteiger charge is -2.31. The van der Waals surface area contributed by atoms with Gasteiger partial charge in [0.15, 0.2) is 0 Å². The summed E-state index contributed by atoms with van der Waals surface area (Å²) in [6, 6.07) is 6.77. The number of carbonyl (C=O) groups excluding carboxylic acids is 2. The molecule has 0 aromatic heterocycles. The fourth-order valence-corrected chi connectivity index (χ4v) is 3.13. The molecule has 2 aliphatic rings. The summed E-state index contributed by atoms with van der Waals surface area (Å²) in [7, 11) is 3.67. The maximum atomic E-state index is 12.7. The van der Waals surface area contributed by atoms with Crippen LogP contribution in [-0.4, -0.2) is 57.1 Å². The molecule has 23 heavy (non-hydrogen) atoms. The molecule has 122 valence electrons. The molecule has 6 nitrogen and oxygen atoms in total. The Kier molecular flexibility index (Phi) is 4.28. The average Bonchev–Trinajstić information content (AvgIpc) is 2.78. The highest BCUT2D eigenvalue weighted by molar-refractivity contribution is 6.52. The van der Waals surface area contributed by atoms with Crippen LogP contribution in [0.1, 0.15) is 0 Å². The summed E-state index contributed by atoms with van der Waals surface area (Å²) in [5.74, 6) is -0.165. The molecule has 1 saturated heterocycles. The molecule has 0 spiro atoms. The van der Waals surface area contributed by atoms with Gasteiger partial charge in [-0.2, -0.15) is 0 Å². The Balaban J connectivity index is 1.86. The van der Waals surface area contributed by atoms with E-state index in [1.54, 1.807) is 31.4 Å². The highest BCUT2D eigenvalue weighted by Crippen LogP contribution is 2.31. The number of likely N-dealkylation sites (N-methyl/N-ethyl adjacent to an activating group) is 1. The van der Waals surface area contributed by atoms with Crippen molar-refractivity contribution in [3.05, 3.63) is 35.0 Å². The van der Waals surface area contributed by atoms with Crippen molar-refractivity contribution < 1.29 is 19.2 Å². The fraction of sp³-hybridized carbons (Fsp3) is 0.375. The van der Waals surface area contributed by atoms with Crippen molar-refractivity contribution in [1.29, 1.82) is 0 Å². The minimum Gasteiger partial charge on any atom is -0.497 e. The van der Waals surface area contributed by atoms with Gasteiger partial charge in [-0.25, -0.2) is 4.90 Å². The van der Waals surface area contributed by atoms with Gasteiger partial charge in [-0.1, -0.05) is 11.6 Å². The number of methoxy groups -OCH3 is 1. The molecule has 1 aromatic carbocycles. The van der Waals surface area contributed by atoms with E-state index >= 15 is 0 Å². The number of nitrogens with one attached hydrogen (secondary N) is 1. The first-order chi connectivity index (χ1) is 11.0. The van der Waals surface area contributed by atoms with E-state index in [-0.39, 0.29) is 10.9 Å². The molecule has 0 aliphatic carbocycles. The molecule has 0 bridgehead atoms. The van der Waals surface area contributed by atoms with E-state index in [0.717, 1.165) is 18.0 Å². The Bertz CT molecular complexity index is 664. The molecule has 1 N–H and O–H groups in total. The normalized spacial score (nSPS) is 19.8. The first-order valence-corrected chi connectivity index (χ1v) is 7.89. The van der Waals surface area contributed by atoms with E-state index in [9.17, 15) is 9.59 Å². The van der Waals surface area contributed by atoms with Crippen LogP contribution in [0.4, 0.5) is 5.69 Å². The average molecular weight is 337 g/mol. The van der Waals surface area contributed by atoms with Gasteiger partial charge < -0.3 is 14.5 Å². The molecule has 1 fully saturated rings. The van der Waals surface area contributed by atoms with Gasteiger partial charge in [0, 0.05) is 0 Å². The summed E-state index contributed by atoms with van der Waals surface area (Å²) < 4.78 is 5.10. The summed E-state index contributed by atoms with van der Waals surface area (Å²) >= 11 is 6.19. The maximum Gasteiger partial charge on any atom is 0.283 e. The second-order valence-electron chi connectivity index (χ2n) is 5.75. The number of imide groups is 1. The number of hydrogen-bond donors (Lipinski definition) is 1. The Morgan fingerprint density at radius 3 is 2.26 bits per heavy atom. The molecular weight excluding hydrogens is 318 g/mol. The molecule has 0 unspecified atom stereocenters. The molecule has 2 heterocycles. The quantitative estimate of drug-likeness (QED) is 0.780. The Hall–Kier alpha value is -2.05. The third-order valence-electron chi connectivity index (χ3n) is 4.27. The SMILES string of the molecule is COc1ccc(N2C(=O)C(Cl)=C(N3CC[NH+](C)CC3)C2=O)cc1. The lowest BCUT2D eigenvalue weighted by atomic mass is 10.2. The van der Waals surface area contributed by atoms with Gasteiger partial charge in [0.05, 0.1) is 46.0 Å². The number of benzene rings is 1. The second-order valence-corrected chi connectivity index (χ2v) is 6.13. The van der Waals surface area contributed by atoms with E-state index in [2.05, 4.69) is 7.05 Å². The molecule has 0 saturated carbocycles. The van der Waals surface area contributed by atoms with E-state index in [1.807, 2.05) is 4.90 Å². The third kappa shape index (κ3) is 2.80. The molecule has 7 heteroatoms. The van der Waals surface area contributed by atoms with E-state index in [1.165, 1.54) is 4.90 Å². The van der Waals surface area contributed by atoms with Crippen LogP contribution in [0, 0.1) is 0 Å². The molecule has 3 rings (SSSR count). The number of ether oxygens (including phenoxy) is 1.